The fraction of sp³-hybridized carbons (Fsp3) is 0.381. The lowest BCUT2D eigenvalue weighted by Gasteiger charge is -2.22. The van der Waals surface area contributed by atoms with Crippen LogP contribution in [0.4, 0.5) is 10.1 Å². The molecule has 0 spiro atoms. The Bertz CT molecular complexity index is 778. The van der Waals surface area contributed by atoms with Gasteiger partial charge in [-0.3, -0.25) is 4.79 Å². The second-order valence-electron chi connectivity index (χ2n) is 5.95. The van der Waals surface area contributed by atoms with Gasteiger partial charge in [0.05, 0.1) is 22.9 Å². The van der Waals surface area contributed by atoms with E-state index in [0.29, 0.717) is 24.4 Å². The zero-order chi connectivity index (χ0) is 21.6. The molecule has 2 aromatic carbocycles. The Morgan fingerprint density at radius 1 is 1.17 bits per heavy atom. The Labute approximate surface area is 184 Å². The molecule has 4 nitrogen and oxygen atoms in total. The van der Waals surface area contributed by atoms with E-state index < -0.39 is 16.8 Å². The van der Waals surface area contributed by atoms with E-state index in [1.165, 1.54) is 33.4 Å². The predicted octanol–water partition coefficient (Wildman–Crippen LogP) is 6.06. The van der Waals surface area contributed by atoms with Crippen molar-refractivity contribution < 1.29 is 18.1 Å². The largest absolute Gasteiger partial charge is 0.380 e. The summed E-state index contributed by atoms with van der Waals surface area (Å²) < 4.78 is 32.9. The summed E-state index contributed by atoms with van der Waals surface area (Å²) in [6.07, 6.45) is 1.98. The number of rotatable bonds is 10. The highest BCUT2D eigenvalue weighted by Crippen LogP contribution is 2.32. The lowest BCUT2D eigenvalue weighted by Crippen LogP contribution is -2.22. The Morgan fingerprint density at radius 2 is 1.86 bits per heavy atom. The van der Waals surface area contributed by atoms with Crippen LogP contribution in [-0.4, -0.2) is 29.1 Å². The van der Waals surface area contributed by atoms with E-state index in [0.717, 1.165) is 12.8 Å². The first kappa shape index (κ1) is 25.6. The molecule has 8 heteroatoms. The molecule has 0 amide bonds. The molecule has 0 aromatic heterocycles. The number of nitrogens with zero attached hydrogens (tertiary/aromatic N) is 1. The first-order valence-corrected chi connectivity index (χ1v) is 11.9. The molecule has 0 N–H and O–H groups in total. The molecule has 0 aliphatic rings. The van der Waals surface area contributed by atoms with Crippen LogP contribution in [0.5, 0.6) is 0 Å². The van der Waals surface area contributed by atoms with Gasteiger partial charge in [-0.2, -0.15) is 0 Å². The first-order chi connectivity index (χ1) is 14.0. The molecule has 1 unspecified atom stereocenters. The minimum absolute atomic E-state index is 0.0583. The first-order valence-electron chi connectivity index (χ1n) is 9.27. The molecule has 0 saturated heterocycles. The van der Waals surface area contributed by atoms with Crippen LogP contribution in [0.2, 0.25) is 5.02 Å². The van der Waals surface area contributed by atoms with Crippen molar-refractivity contribution in [3.63, 3.8) is 0 Å². The van der Waals surface area contributed by atoms with Gasteiger partial charge in [0.2, 0.25) is 0 Å². The molecule has 0 aliphatic carbocycles. The predicted molar refractivity (Wildman–Crippen MR) is 122 cm³/mol. The van der Waals surface area contributed by atoms with Gasteiger partial charge in [-0.25, -0.2) is 12.3 Å². The van der Waals surface area contributed by atoms with E-state index in [2.05, 4.69) is 0 Å². The van der Waals surface area contributed by atoms with Crippen molar-refractivity contribution >= 4 is 46.5 Å². The summed E-state index contributed by atoms with van der Waals surface area (Å²) in [7, 11) is 0.361. The van der Waals surface area contributed by atoms with E-state index in [1.807, 2.05) is 44.2 Å². The lowest BCUT2D eigenvalue weighted by atomic mass is 10.2. The van der Waals surface area contributed by atoms with E-state index in [-0.39, 0.29) is 16.3 Å². The second-order valence-corrected chi connectivity index (χ2v) is 9.03. The van der Waals surface area contributed by atoms with Gasteiger partial charge >= 0.3 is 0 Å². The highest BCUT2D eigenvalue weighted by atomic mass is 35.5. The monoisotopic (exact) mass is 459 g/mol. The van der Waals surface area contributed by atoms with Crippen molar-refractivity contribution in [2.75, 3.05) is 22.3 Å². The molecule has 0 aliphatic heterocycles. The van der Waals surface area contributed by atoms with Gasteiger partial charge < -0.3 is 4.74 Å². The molecule has 2 rings (SSSR count). The minimum atomic E-state index is -1.34. The zero-order valence-corrected chi connectivity index (χ0v) is 19.3. The summed E-state index contributed by atoms with van der Waals surface area (Å²) in [5, 5.41) is 0.0583. The summed E-state index contributed by atoms with van der Waals surface area (Å²) in [6, 6.07) is 13.0. The molecular formula is C21H27ClFNO3S2. The number of methoxy groups -OCH3 is 1. The number of carbonyl (C=O) groups excluding carboxylic acids is 1. The fourth-order valence-corrected chi connectivity index (χ4v) is 4.83. The molecule has 0 saturated carbocycles. The van der Waals surface area contributed by atoms with Crippen molar-refractivity contribution in [3.8, 4) is 0 Å². The van der Waals surface area contributed by atoms with Crippen molar-refractivity contribution in [3.05, 3.63) is 64.4 Å². The number of ether oxygens (including phenoxy) is 1. The van der Waals surface area contributed by atoms with Crippen LogP contribution in [0.25, 0.3) is 0 Å². The van der Waals surface area contributed by atoms with E-state index in [9.17, 15) is 13.4 Å². The summed E-state index contributed by atoms with van der Waals surface area (Å²) in [5.74, 6) is 0.434. The Morgan fingerprint density at radius 3 is 2.41 bits per heavy atom. The van der Waals surface area contributed by atoms with E-state index in [4.69, 9.17) is 16.3 Å². The van der Waals surface area contributed by atoms with Crippen LogP contribution in [-0.2, 0) is 22.3 Å². The second kappa shape index (κ2) is 14.6. The number of anilines is 1. The Hall–Kier alpha value is -1.41. The van der Waals surface area contributed by atoms with Gasteiger partial charge in [0.1, 0.15) is 11.0 Å². The molecule has 0 fully saturated rings. The van der Waals surface area contributed by atoms with Crippen molar-refractivity contribution in [1.82, 2.24) is 0 Å². The molecule has 1 atom stereocenters. The maximum absolute atomic E-state index is 14.3. The van der Waals surface area contributed by atoms with E-state index in [1.54, 1.807) is 7.11 Å². The van der Waals surface area contributed by atoms with Crippen LogP contribution >= 0.6 is 23.5 Å². The lowest BCUT2D eigenvalue weighted by molar-refractivity contribution is 0.112. The quantitative estimate of drug-likeness (QED) is 0.320. The van der Waals surface area contributed by atoms with Crippen molar-refractivity contribution in [2.24, 2.45) is 0 Å². The molecule has 160 valence electrons. The number of halogens is 2. The third-order valence-electron chi connectivity index (χ3n) is 3.55. The van der Waals surface area contributed by atoms with Gasteiger partial charge in [-0.1, -0.05) is 55.8 Å². The van der Waals surface area contributed by atoms with Gasteiger partial charge in [0, 0.05) is 18.6 Å². The highest BCUT2D eigenvalue weighted by Gasteiger charge is 2.21. The number of aldehydes is 1. The minimum Gasteiger partial charge on any atom is -0.380 e. The smallest absolute Gasteiger partial charge is 0.160 e. The van der Waals surface area contributed by atoms with Crippen LogP contribution in [0, 0.1) is 5.82 Å². The Balaban J connectivity index is 0.000000387. The standard InChI is InChI=1S/C13H17ClFNO2S2.C8H10O/c1-3-7-19-16(20(18)8-4-2)12-6-5-11(14)10(9-17)13(12)15;1-9-7-8-5-3-2-4-6-8/h5-6,9H,3-4,7-8H2,1-2H3;2-6H,7H2,1H3. The molecular weight excluding hydrogens is 433 g/mol. The third kappa shape index (κ3) is 8.46. The van der Waals surface area contributed by atoms with Crippen LogP contribution in [0.1, 0.15) is 42.6 Å². The molecule has 2 aromatic rings. The van der Waals surface area contributed by atoms with Crippen LogP contribution < -0.4 is 3.71 Å². The molecule has 0 bridgehead atoms. The zero-order valence-electron chi connectivity index (χ0n) is 16.9. The maximum atomic E-state index is 14.3. The average Bonchev–Trinajstić information content (AvgIpc) is 2.72. The van der Waals surface area contributed by atoms with Crippen molar-refractivity contribution in [2.45, 2.75) is 33.3 Å². The number of hydrogen-bond acceptors (Lipinski definition) is 4. The van der Waals surface area contributed by atoms with Crippen molar-refractivity contribution in [1.29, 1.82) is 0 Å². The Kier molecular flexibility index (Phi) is 12.9. The third-order valence-corrected chi connectivity index (χ3v) is 7.04. The molecule has 29 heavy (non-hydrogen) atoms. The topological polar surface area (TPSA) is 46.6 Å². The van der Waals surface area contributed by atoms with Gasteiger partial charge in [-0.05, 0) is 42.5 Å². The van der Waals surface area contributed by atoms with Crippen LogP contribution in [0.3, 0.4) is 0 Å². The highest BCUT2D eigenvalue weighted by molar-refractivity contribution is 8.12. The molecule has 0 heterocycles. The van der Waals surface area contributed by atoms with Gasteiger partial charge in [0.15, 0.2) is 12.1 Å². The van der Waals surface area contributed by atoms with Gasteiger partial charge in [0.25, 0.3) is 0 Å². The van der Waals surface area contributed by atoms with Gasteiger partial charge in [-0.15, -0.1) is 0 Å². The number of carbonyl (C=O) groups is 1. The maximum Gasteiger partial charge on any atom is 0.160 e. The van der Waals surface area contributed by atoms with Crippen LogP contribution in [0.15, 0.2) is 42.5 Å². The fourth-order valence-electron chi connectivity index (χ4n) is 2.22. The van der Waals surface area contributed by atoms with E-state index >= 15 is 0 Å². The summed E-state index contributed by atoms with van der Waals surface area (Å²) in [4.78, 5) is 10.9. The number of hydrogen-bond donors (Lipinski definition) is 0. The average molecular weight is 460 g/mol. The SMILES string of the molecule is CCCSN(c1ccc(Cl)c(C=O)c1F)S(=O)CCC.COCc1ccccc1. The number of benzene rings is 2. The summed E-state index contributed by atoms with van der Waals surface area (Å²) in [5.41, 5.74) is 1.17. The normalized spacial score (nSPS) is 11.3. The summed E-state index contributed by atoms with van der Waals surface area (Å²) >= 11 is 7.08. The summed E-state index contributed by atoms with van der Waals surface area (Å²) in [6.45, 7) is 4.61. The molecule has 0 radical (unpaired) electrons.